The average molecular weight is 289 g/mol. The molecule has 20 heavy (non-hydrogen) atoms. The average Bonchev–Trinajstić information content (AvgIpc) is 2.47. The molecule has 2 nitrogen and oxygen atoms in total. The van der Waals surface area contributed by atoms with Gasteiger partial charge in [0.25, 0.3) is 0 Å². The monoisotopic (exact) mass is 288 g/mol. The van der Waals surface area contributed by atoms with Gasteiger partial charge in [0, 0.05) is 11.4 Å². The molecule has 2 rings (SSSR count). The number of hydrogen-bond donors (Lipinski definition) is 0. The van der Waals surface area contributed by atoms with Crippen molar-refractivity contribution in [3.8, 4) is 11.1 Å². The van der Waals surface area contributed by atoms with E-state index in [1.54, 1.807) is 0 Å². The summed E-state index contributed by atoms with van der Waals surface area (Å²) in [4.78, 5) is 11.3. The van der Waals surface area contributed by atoms with E-state index in [9.17, 15) is 4.79 Å². The van der Waals surface area contributed by atoms with Crippen LogP contribution in [0.4, 0.5) is 0 Å². The first kappa shape index (κ1) is 14.6. The number of ether oxygens (including phenoxy) is 1. The van der Waals surface area contributed by atoms with Crippen molar-refractivity contribution in [3.63, 3.8) is 0 Å². The third-order valence-electron chi connectivity index (χ3n) is 3.35. The minimum Gasteiger partial charge on any atom is -0.469 e. The Balaban J connectivity index is 2.23. The molecule has 0 aliphatic rings. The second-order valence-corrected chi connectivity index (χ2v) is 5.16. The van der Waals surface area contributed by atoms with Crippen LogP contribution >= 0.6 is 11.6 Å². The molecule has 3 heteroatoms. The molecule has 0 atom stereocenters. The van der Waals surface area contributed by atoms with Crippen LogP contribution in [0.2, 0.25) is 5.02 Å². The molecule has 0 aromatic heterocycles. The molecule has 0 amide bonds. The summed E-state index contributed by atoms with van der Waals surface area (Å²) in [5, 5.41) is 0.728. The predicted molar refractivity (Wildman–Crippen MR) is 82.0 cm³/mol. The third-order valence-corrected chi connectivity index (χ3v) is 3.60. The normalized spacial score (nSPS) is 10.3. The van der Waals surface area contributed by atoms with Gasteiger partial charge in [-0.05, 0) is 47.7 Å². The van der Waals surface area contributed by atoms with Gasteiger partial charge in [-0.1, -0.05) is 41.9 Å². The molecule has 0 unspecified atom stereocenters. The Kier molecular flexibility index (Phi) is 4.80. The molecule has 0 saturated heterocycles. The van der Waals surface area contributed by atoms with Gasteiger partial charge in [0.15, 0.2) is 0 Å². The minimum atomic E-state index is -0.179. The maximum atomic E-state index is 11.3. The maximum Gasteiger partial charge on any atom is 0.305 e. The lowest BCUT2D eigenvalue weighted by Crippen LogP contribution is -2.03. The fourth-order valence-electron chi connectivity index (χ4n) is 2.10. The van der Waals surface area contributed by atoms with Gasteiger partial charge in [-0.3, -0.25) is 4.79 Å². The van der Waals surface area contributed by atoms with Crippen molar-refractivity contribution in [2.45, 2.75) is 19.8 Å². The van der Waals surface area contributed by atoms with E-state index in [1.165, 1.54) is 18.2 Å². The Bertz CT molecular complexity index is 603. The molecule has 0 saturated carbocycles. The number of halogens is 1. The molecule has 0 spiro atoms. The van der Waals surface area contributed by atoms with Gasteiger partial charge in [0.2, 0.25) is 0 Å². The van der Waals surface area contributed by atoms with Crippen molar-refractivity contribution in [2.75, 3.05) is 7.11 Å². The molecular weight excluding hydrogens is 272 g/mol. The van der Waals surface area contributed by atoms with Crippen molar-refractivity contribution in [1.82, 2.24) is 0 Å². The zero-order valence-electron chi connectivity index (χ0n) is 11.7. The fourth-order valence-corrected chi connectivity index (χ4v) is 2.23. The molecule has 104 valence electrons. The smallest absolute Gasteiger partial charge is 0.305 e. The standard InChI is InChI=1S/C17H17ClO2/c1-12-3-4-15(13-5-8-16(18)9-6-13)11-14(12)7-10-17(19)20-2/h3-6,8-9,11H,7,10H2,1-2H3. The van der Waals surface area contributed by atoms with Crippen molar-refractivity contribution >= 4 is 17.6 Å². The number of rotatable bonds is 4. The van der Waals surface area contributed by atoms with Crippen LogP contribution in [0.15, 0.2) is 42.5 Å². The second-order valence-electron chi connectivity index (χ2n) is 4.72. The molecule has 2 aromatic rings. The van der Waals surface area contributed by atoms with E-state index >= 15 is 0 Å². The van der Waals surface area contributed by atoms with Crippen LogP contribution in [-0.2, 0) is 16.0 Å². The lowest BCUT2D eigenvalue weighted by molar-refractivity contribution is -0.140. The zero-order valence-corrected chi connectivity index (χ0v) is 12.4. The molecule has 0 aliphatic heterocycles. The molecule has 0 fully saturated rings. The number of aryl methyl sites for hydroxylation is 2. The Morgan fingerprint density at radius 2 is 1.75 bits per heavy atom. The highest BCUT2D eigenvalue weighted by atomic mass is 35.5. The Morgan fingerprint density at radius 1 is 1.10 bits per heavy atom. The summed E-state index contributed by atoms with van der Waals surface area (Å²) in [6, 6.07) is 14.0. The zero-order chi connectivity index (χ0) is 14.5. The van der Waals surface area contributed by atoms with Crippen LogP contribution in [0.5, 0.6) is 0 Å². The number of esters is 1. The summed E-state index contributed by atoms with van der Waals surface area (Å²) in [5.74, 6) is -0.179. The van der Waals surface area contributed by atoms with Gasteiger partial charge in [-0.15, -0.1) is 0 Å². The Morgan fingerprint density at radius 3 is 2.40 bits per heavy atom. The van der Waals surface area contributed by atoms with Gasteiger partial charge in [0.05, 0.1) is 7.11 Å². The van der Waals surface area contributed by atoms with Crippen LogP contribution in [0, 0.1) is 6.92 Å². The first-order valence-corrected chi connectivity index (χ1v) is 6.90. The number of carbonyl (C=O) groups is 1. The van der Waals surface area contributed by atoms with Gasteiger partial charge in [0.1, 0.15) is 0 Å². The van der Waals surface area contributed by atoms with E-state index in [2.05, 4.69) is 29.9 Å². The van der Waals surface area contributed by atoms with Gasteiger partial charge < -0.3 is 4.74 Å². The highest BCUT2D eigenvalue weighted by Crippen LogP contribution is 2.24. The number of benzene rings is 2. The third kappa shape index (κ3) is 3.61. The quantitative estimate of drug-likeness (QED) is 0.779. The summed E-state index contributed by atoms with van der Waals surface area (Å²) in [6.07, 6.45) is 1.10. The van der Waals surface area contributed by atoms with Crippen molar-refractivity contribution in [1.29, 1.82) is 0 Å². The van der Waals surface area contributed by atoms with Crippen molar-refractivity contribution < 1.29 is 9.53 Å². The summed E-state index contributed by atoms with van der Waals surface area (Å²) in [7, 11) is 1.42. The van der Waals surface area contributed by atoms with Crippen molar-refractivity contribution in [2.24, 2.45) is 0 Å². The van der Waals surface area contributed by atoms with E-state index in [0.29, 0.717) is 12.8 Å². The van der Waals surface area contributed by atoms with Crippen LogP contribution in [-0.4, -0.2) is 13.1 Å². The Hall–Kier alpha value is -1.80. The van der Waals surface area contributed by atoms with E-state index in [0.717, 1.165) is 16.1 Å². The molecule has 0 aliphatic carbocycles. The van der Waals surface area contributed by atoms with Gasteiger partial charge in [-0.2, -0.15) is 0 Å². The van der Waals surface area contributed by atoms with Crippen LogP contribution in [0.3, 0.4) is 0 Å². The van der Waals surface area contributed by atoms with Gasteiger partial charge >= 0.3 is 5.97 Å². The minimum absolute atomic E-state index is 0.179. The Labute approximate surface area is 124 Å². The van der Waals surface area contributed by atoms with E-state index in [1.807, 2.05) is 24.3 Å². The first-order chi connectivity index (χ1) is 9.60. The van der Waals surface area contributed by atoms with Crippen LogP contribution in [0.25, 0.3) is 11.1 Å². The highest BCUT2D eigenvalue weighted by molar-refractivity contribution is 6.30. The number of hydrogen-bond acceptors (Lipinski definition) is 2. The topological polar surface area (TPSA) is 26.3 Å². The summed E-state index contributed by atoms with van der Waals surface area (Å²) in [6.45, 7) is 2.05. The highest BCUT2D eigenvalue weighted by Gasteiger charge is 2.06. The van der Waals surface area contributed by atoms with Crippen LogP contribution in [0.1, 0.15) is 17.5 Å². The first-order valence-electron chi connectivity index (χ1n) is 6.52. The predicted octanol–water partition coefficient (Wildman–Crippen LogP) is 4.42. The molecular formula is C17H17ClO2. The molecule has 0 heterocycles. The van der Waals surface area contributed by atoms with E-state index in [4.69, 9.17) is 11.6 Å². The second kappa shape index (κ2) is 6.58. The summed E-state index contributed by atoms with van der Waals surface area (Å²) >= 11 is 5.90. The molecule has 0 bridgehead atoms. The largest absolute Gasteiger partial charge is 0.469 e. The number of carbonyl (C=O) groups excluding carboxylic acids is 1. The summed E-state index contributed by atoms with van der Waals surface area (Å²) < 4.78 is 4.69. The lowest BCUT2D eigenvalue weighted by Gasteiger charge is -2.09. The molecule has 2 aromatic carbocycles. The number of methoxy groups -OCH3 is 1. The van der Waals surface area contributed by atoms with E-state index < -0.39 is 0 Å². The fraction of sp³-hybridized carbons (Fsp3) is 0.235. The van der Waals surface area contributed by atoms with Crippen LogP contribution < -0.4 is 0 Å². The molecule has 0 radical (unpaired) electrons. The maximum absolute atomic E-state index is 11.3. The van der Waals surface area contributed by atoms with Crippen molar-refractivity contribution in [3.05, 3.63) is 58.6 Å². The SMILES string of the molecule is COC(=O)CCc1cc(-c2ccc(Cl)cc2)ccc1C. The lowest BCUT2D eigenvalue weighted by atomic mass is 9.97. The summed E-state index contributed by atoms with van der Waals surface area (Å²) in [5.41, 5.74) is 4.61. The van der Waals surface area contributed by atoms with Gasteiger partial charge in [-0.25, -0.2) is 0 Å². The molecule has 0 N–H and O–H groups in total. The van der Waals surface area contributed by atoms with E-state index in [-0.39, 0.29) is 5.97 Å².